The van der Waals surface area contributed by atoms with E-state index in [0.717, 1.165) is 38.9 Å². The number of carbonyl (C=O) groups excluding carboxylic acids is 2. The molecular formula is C29H22N2O3S. The number of para-hydroxylation sites is 1. The number of amides is 1. The zero-order valence-corrected chi connectivity index (χ0v) is 20.1. The third kappa shape index (κ3) is 4.32. The van der Waals surface area contributed by atoms with Crippen molar-refractivity contribution in [2.45, 2.75) is 6.92 Å². The predicted molar refractivity (Wildman–Crippen MR) is 141 cm³/mol. The summed E-state index contributed by atoms with van der Waals surface area (Å²) >= 11 is 1.30. The quantitative estimate of drug-likeness (QED) is 0.277. The van der Waals surface area contributed by atoms with Crippen molar-refractivity contribution in [3.05, 3.63) is 107 Å². The predicted octanol–water partition coefficient (Wildman–Crippen LogP) is 6.98. The Hall–Kier alpha value is -4.29. The second-order valence-corrected chi connectivity index (χ2v) is 8.93. The zero-order valence-electron chi connectivity index (χ0n) is 19.2. The number of hydrogen-bond acceptors (Lipinski definition) is 5. The van der Waals surface area contributed by atoms with Crippen molar-refractivity contribution < 1.29 is 14.3 Å². The Morgan fingerprint density at radius 3 is 2.37 bits per heavy atom. The van der Waals surface area contributed by atoms with E-state index in [1.54, 1.807) is 0 Å². The number of fused-ring (bicyclic) bond motifs is 1. The summed E-state index contributed by atoms with van der Waals surface area (Å²) in [5, 5.41) is 6.01. The van der Waals surface area contributed by atoms with Crippen molar-refractivity contribution in [1.29, 1.82) is 0 Å². The molecule has 0 unspecified atom stereocenters. The average molecular weight is 479 g/mol. The molecule has 6 heteroatoms. The monoisotopic (exact) mass is 478 g/mol. The molecule has 0 fully saturated rings. The fourth-order valence-corrected chi connectivity index (χ4v) is 5.07. The summed E-state index contributed by atoms with van der Waals surface area (Å²) in [6.07, 6.45) is 0. The number of benzene rings is 3. The number of anilines is 1. The molecule has 0 spiro atoms. The summed E-state index contributed by atoms with van der Waals surface area (Å²) in [6, 6.07) is 26.9. The lowest BCUT2D eigenvalue weighted by Crippen LogP contribution is -2.15. The molecular weight excluding hydrogens is 456 g/mol. The van der Waals surface area contributed by atoms with Gasteiger partial charge >= 0.3 is 5.97 Å². The highest BCUT2D eigenvalue weighted by molar-refractivity contribution is 7.15. The van der Waals surface area contributed by atoms with Gasteiger partial charge in [0.2, 0.25) is 0 Å². The molecule has 0 radical (unpaired) electrons. The van der Waals surface area contributed by atoms with Gasteiger partial charge in [-0.25, -0.2) is 9.78 Å². The van der Waals surface area contributed by atoms with E-state index in [1.807, 2.05) is 97.2 Å². The van der Waals surface area contributed by atoms with Gasteiger partial charge in [0.25, 0.3) is 5.91 Å². The Morgan fingerprint density at radius 1 is 0.886 bits per heavy atom. The second-order valence-electron chi connectivity index (χ2n) is 8.05. The molecule has 2 aromatic heterocycles. The summed E-state index contributed by atoms with van der Waals surface area (Å²) in [7, 11) is 1.34. The van der Waals surface area contributed by atoms with Crippen molar-refractivity contribution in [1.82, 2.24) is 4.98 Å². The number of nitrogens with one attached hydrogen (secondary N) is 1. The largest absolute Gasteiger partial charge is 0.465 e. The second kappa shape index (κ2) is 9.52. The van der Waals surface area contributed by atoms with Crippen LogP contribution in [-0.4, -0.2) is 24.0 Å². The maximum atomic E-state index is 13.6. The number of aryl methyl sites for hydroxylation is 1. The van der Waals surface area contributed by atoms with E-state index in [9.17, 15) is 9.59 Å². The molecule has 172 valence electrons. The summed E-state index contributed by atoms with van der Waals surface area (Å²) < 4.78 is 5.05. The number of nitrogens with zero attached hydrogens (tertiary/aromatic N) is 1. The number of hydrogen-bond donors (Lipinski definition) is 1. The van der Waals surface area contributed by atoms with E-state index in [4.69, 9.17) is 9.72 Å². The van der Waals surface area contributed by atoms with Gasteiger partial charge in [-0.15, -0.1) is 11.3 Å². The lowest BCUT2D eigenvalue weighted by molar-refractivity contribution is 0.0603. The van der Waals surface area contributed by atoms with Crippen LogP contribution in [0.5, 0.6) is 0 Å². The van der Waals surface area contributed by atoms with E-state index in [2.05, 4.69) is 5.32 Å². The summed E-state index contributed by atoms with van der Waals surface area (Å²) in [6.45, 7) is 2.02. The Morgan fingerprint density at radius 2 is 1.60 bits per heavy atom. The molecule has 1 amide bonds. The van der Waals surface area contributed by atoms with Gasteiger partial charge in [0.1, 0.15) is 10.6 Å². The molecule has 5 nitrogen and oxygen atoms in total. The maximum Gasteiger partial charge on any atom is 0.341 e. The first-order valence-electron chi connectivity index (χ1n) is 11.1. The number of pyridine rings is 1. The number of carbonyl (C=O) groups is 2. The standard InChI is InChI=1S/C29H22N2O3S/c1-18-10-6-7-13-20(18)25-16-22(21-14-8-9-15-24(21)30-25)27(32)31-28-26(29(33)34-2)23(17-35-28)19-11-4-3-5-12-19/h3-17H,1-2H3,(H,31,32). The average Bonchev–Trinajstić information content (AvgIpc) is 3.31. The van der Waals surface area contributed by atoms with Gasteiger partial charge in [0.15, 0.2) is 0 Å². The highest BCUT2D eigenvalue weighted by atomic mass is 32.1. The lowest BCUT2D eigenvalue weighted by Gasteiger charge is -2.12. The summed E-state index contributed by atoms with van der Waals surface area (Å²) in [5.41, 5.74) is 5.90. The van der Waals surface area contributed by atoms with Gasteiger partial charge in [-0.2, -0.15) is 0 Å². The minimum Gasteiger partial charge on any atom is -0.465 e. The third-order valence-corrected chi connectivity index (χ3v) is 6.77. The number of ether oxygens (including phenoxy) is 1. The van der Waals surface area contributed by atoms with Gasteiger partial charge in [-0.1, -0.05) is 72.8 Å². The van der Waals surface area contributed by atoms with Crippen LogP contribution in [0.4, 0.5) is 5.00 Å². The topological polar surface area (TPSA) is 68.3 Å². The first-order valence-corrected chi connectivity index (χ1v) is 12.0. The Labute approximate surface area is 207 Å². The highest BCUT2D eigenvalue weighted by Crippen LogP contribution is 2.37. The van der Waals surface area contributed by atoms with E-state index in [1.165, 1.54) is 18.4 Å². The van der Waals surface area contributed by atoms with Gasteiger partial charge in [0, 0.05) is 21.9 Å². The van der Waals surface area contributed by atoms with Crippen molar-refractivity contribution in [2.75, 3.05) is 12.4 Å². The molecule has 0 atom stereocenters. The molecule has 5 rings (SSSR count). The molecule has 0 aliphatic heterocycles. The van der Waals surface area contributed by atoms with Crippen LogP contribution in [0.25, 0.3) is 33.3 Å². The van der Waals surface area contributed by atoms with E-state index >= 15 is 0 Å². The number of methoxy groups -OCH3 is 1. The maximum absolute atomic E-state index is 13.6. The molecule has 35 heavy (non-hydrogen) atoms. The van der Waals surface area contributed by atoms with Crippen molar-refractivity contribution >= 4 is 39.1 Å². The van der Waals surface area contributed by atoms with Crippen LogP contribution in [-0.2, 0) is 4.74 Å². The third-order valence-electron chi connectivity index (χ3n) is 5.87. The van der Waals surface area contributed by atoms with Gasteiger partial charge in [-0.05, 0) is 30.2 Å². The van der Waals surface area contributed by atoms with Gasteiger partial charge < -0.3 is 10.1 Å². The molecule has 5 aromatic rings. The minimum absolute atomic E-state index is 0.315. The SMILES string of the molecule is COC(=O)c1c(-c2ccccc2)csc1NC(=O)c1cc(-c2ccccc2C)nc2ccccc12. The van der Waals surface area contributed by atoms with E-state index < -0.39 is 5.97 Å². The summed E-state index contributed by atoms with van der Waals surface area (Å²) in [5.74, 6) is -0.814. The lowest BCUT2D eigenvalue weighted by atomic mass is 10.0. The number of esters is 1. The zero-order chi connectivity index (χ0) is 24.4. The Kier molecular flexibility index (Phi) is 6.12. The van der Waals surface area contributed by atoms with Crippen LogP contribution in [0.2, 0.25) is 0 Å². The Bertz CT molecular complexity index is 1560. The van der Waals surface area contributed by atoms with E-state index in [-0.39, 0.29) is 5.91 Å². The van der Waals surface area contributed by atoms with Gasteiger partial charge in [0.05, 0.1) is 23.9 Å². The van der Waals surface area contributed by atoms with E-state index in [0.29, 0.717) is 16.1 Å². The van der Waals surface area contributed by atoms with Crippen LogP contribution >= 0.6 is 11.3 Å². The van der Waals surface area contributed by atoms with Crippen LogP contribution < -0.4 is 5.32 Å². The molecule has 0 bridgehead atoms. The van der Waals surface area contributed by atoms with Gasteiger partial charge in [-0.3, -0.25) is 4.79 Å². The first-order chi connectivity index (χ1) is 17.1. The number of rotatable bonds is 5. The highest BCUT2D eigenvalue weighted by Gasteiger charge is 2.23. The van der Waals surface area contributed by atoms with Crippen LogP contribution in [0.15, 0.2) is 90.3 Å². The van der Waals surface area contributed by atoms with Crippen molar-refractivity contribution in [2.24, 2.45) is 0 Å². The summed E-state index contributed by atoms with van der Waals surface area (Å²) in [4.78, 5) is 31.1. The van der Waals surface area contributed by atoms with Crippen LogP contribution in [0.1, 0.15) is 26.3 Å². The Balaban J connectivity index is 1.60. The number of aromatic nitrogens is 1. The minimum atomic E-state index is -0.499. The van der Waals surface area contributed by atoms with Crippen LogP contribution in [0, 0.1) is 6.92 Å². The molecule has 0 aliphatic carbocycles. The van der Waals surface area contributed by atoms with Crippen LogP contribution in [0.3, 0.4) is 0 Å². The first kappa shape index (κ1) is 22.5. The van der Waals surface area contributed by atoms with Crippen molar-refractivity contribution in [3.63, 3.8) is 0 Å². The fraction of sp³-hybridized carbons (Fsp3) is 0.0690. The smallest absolute Gasteiger partial charge is 0.341 e. The molecule has 0 saturated carbocycles. The molecule has 2 heterocycles. The van der Waals surface area contributed by atoms with Crippen molar-refractivity contribution in [3.8, 4) is 22.4 Å². The number of thiophene rings is 1. The molecule has 3 aromatic carbocycles. The fourth-order valence-electron chi connectivity index (χ4n) is 4.12. The molecule has 1 N–H and O–H groups in total. The molecule has 0 saturated heterocycles. The molecule has 0 aliphatic rings. The normalized spacial score (nSPS) is 10.8.